The average molecular weight is 674 g/mol. The van der Waals surface area contributed by atoms with E-state index in [1.54, 1.807) is 48.5 Å². The molecule has 2 aromatic rings. The normalized spacial score (nSPS) is 36.5. The van der Waals surface area contributed by atoms with Gasteiger partial charge >= 0.3 is 11.9 Å². The standard InChI is InChI=1S/C37H46Cl2O7/c1-24-6-15-29-34(4)22-44-33(2,3)45-30(34)16-17-35(29,5)37(24)19-18-36(46-37,23-43-32(41)26-9-13-28(39)14-10-26)20-21-42-31(40)25-7-11-27(38)12-8-25/h7-14,24,29-30H,6,15-23H2,1-5H3/t24-,29+,30+,34+,35+,36-,37+/m1/s1. The van der Waals surface area contributed by atoms with E-state index in [1.165, 1.54) is 0 Å². The van der Waals surface area contributed by atoms with Crippen molar-refractivity contribution in [2.24, 2.45) is 22.7 Å². The van der Waals surface area contributed by atoms with Gasteiger partial charge in [-0.2, -0.15) is 0 Å². The maximum atomic E-state index is 13.2. The molecule has 4 fully saturated rings. The quantitative estimate of drug-likeness (QED) is 0.272. The Morgan fingerprint density at radius 3 is 2.07 bits per heavy atom. The molecule has 2 saturated carbocycles. The minimum atomic E-state index is -0.819. The number of esters is 2. The molecule has 250 valence electrons. The van der Waals surface area contributed by atoms with Crippen molar-refractivity contribution in [2.45, 2.75) is 103 Å². The predicted molar refractivity (Wildman–Crippen MR) is 176 cm³/mol. The number of carbonyl (C=O) groups is 2. The molecule has 0 N–H and O–H groups in total. The molecular weight excluding hydrogens is 627 g/mol. The first-order chi connectivity index (χ1) is 21.7. The lowest BCUT2D eigenvalue weighted by molar-refractivity contribution is -0.359. The van der Waals surface area contributed by atoms with Gasteiger partial charge in [-0.25, -0.2) is 9.59 Å². The van der Waals surface area contributed by atoms with Crippen LogP contribution in [-0.2, 0) is 23.7 Å². The number of hydrogen-bond donors (Lipinski definition) is 0. The number of halogens is 2. The zero-order valence-electron chi connectivity index (χ0n) is 27.5. The predicted octanol–water partition coefficient (Wildman–Crippen LogP) is 8.69. The topological polar surface area (TPSA) is 80.3 Å². The molecule has 6 rings (SSSR count). The number of benzene rings is 2. The minimum Gasteiger partial charge on any atom is -0.462 e. The van der Waals surface area contributed by atoms with E-state index in [0.717, 1.165) is 32.1 Å². The molecule has 2 aliphatic carbocycles. The van der Waals surface area contributed by atoms with Gasteiger partial charge in [-0.15, -0.1) is 0 Å². The minimum absolute atomic E-state index is 0.0580. The van der Waals surface area contributed by atoms with E-state index in [1.807, 2.05) is 13.8 Å². The Hall–Kier alpha value is -2.16. The van der Waals surface area contributed by atoms with Gasteiger partial charge in [0.1, 0.15) is 12.2 Å². The highest BCUT2D eigenvalue weighted by Crippen LogP contribution is 2.69. The molecule has 0 aromatic heterocycles. The van der Waals surface area contributed by atoms with Gasteiger partial charge in [0.2, 0.25) is 0 Å². The Labute approximate surface area is 282 Å². The molecule has 0 amide bonds. The van der Waals surface area contributed by atoms with Crippen molar-refractivity contribution >= 4 is 35.1 Å². The molecule has 7 atom stereocenters. The first kappa shape index (κ1) is 33.7. The van der Waals surface area contributed by atoms with Crippen LogP contribution < -0.4 is 0 Å². The largest absolute Gasteiger partial charge is 0.462 e. The molecule has 46 heavy (non-hydrogen) atoms. The monoisotopic (exact) mass is 672 g/mol. The van der Waals surface area contributed by atoms with Crippen molar-refractivity contribution in [1.29, 1.82) is 0 Å². The van der Waals surface area contributed by atoms with Crippen LogP contribution in [0.5, 0.6) is 0 Å². The summed E-state index contributed by atoms with van der Waals surface area (Å²) in [6.07, 6.45) is 6.06. The summed E-state index contributed by atoms with van der Waals surface area (Å²) in [6.45, 7) is 11.9. The summed E-state index contributed by atoms with van der Waals surface area (Å²) in [5.74, 6) is -0.829. The van der Waals surface area contributed by atoms with E-state index in [2.05, 4.69) is 20.8 Å². The molecule has 4 aliphatic rings. The number of fused-ring (bicyclic) bond motifs is 4. The van der Waals surface area contributed by atoms with Crippen LogP contribution in [-0.4, -0.2) is 54.9 Å². The van der Waals surface area contributed by atoms with Crippen molar-refractivity contribution < 1.29 is 33.3 Å². The first-order valence-electron chi connectivity index (χ1n) is 16.6. The SMILES string of the molecule is C[C@@H]1CC[C@H]2[C@]3(C)COC(C)(C)O[C@H]3CC[C@]2(C)[C@]12CC[C@@](CCOC(=O)c1ccc(Cl)cc1)(COC(=O)c1ccc(Cl)cc1)O2. The van der Waals surface area contributed by atoms with Gasteiger partial charge in [0.25, 0.3) is 0 Å². The summed E-state index contributed by atoms with van der Waals surface area (Å²) in [6, 6.07) is 13.3. The van der Waals surface area contributed by atoms with E-state index >= 15 is 0 Å². The third kappa shape index (κ3) is 6.00. The highest BCUT2D eigenvalue weighted by molar-refractivity contribution is 6.31. The number of carbonyl (C=O) groups excluding carboxylic acids is 2. The summed E-state index contributed by atoms with van der Waals surface area (Å²) in [5.41, 5.74) is -0.695. The van der Waals surface area contributed by atoms with Crippen LogP contribution in [0.3, 0.4) is 0 Å². The summed E-state index contributed by atoms with van der Waals surface area (Å²) in [4.78, 5) is 26.1. The Morgan fingerprint density at radius 1 is 0.826 bits per heavy atom. The van der Waals surface area contributed by atoms with E-state index in [4.69, 9.17) is 46.9 Å². The molecule has 2 aromatic carbocycles. The van der Waals surface area contributed by atoms with Crippen molar-refractivity contribution in [2.75, 3.05) is 19.8 Å². The van der Waals surface area contributed by atoms with Crippen molar-refractivity contribution in [3.63, 3.8) is 0 Å². The van der Waals surface area contributed by atoms with Crippen molar-refractivity contribution in [1.82, 2.24) is 0 Å². The summed E-state index contributed by atoms with van der Waals surface area (Å²) < 4.78 is 32.0. The van der Waals surface area contributed by atoms with Crippen LogP contribution in [0.25, 0.3) is 0 Å². The Kier molecular flexibility index (Phi) is 9.08. The molecule has 1 spiro atoms. The second kappa shape index (κ2) is 12.4. The van der Waals surface area contributed by atoms with Crippen molar-refractivity contribution in [3.8, 4) is 0 Å². The zero-order chi connectivity index (χ0) is 33.0. The van der Waals surface area contributed by atoms with Gasteiger partial charge in [-0.3, -0.25) is 0 Å². The maximum Gasteiger partial charge on any atom is 0.338 e. The number of ether oxygens (including phenoxy) is 5. The lowest BCUT2D eigenvalue weighted by Gasteiger charge is -2.67. The Morgan fingerprint density at radius 2 is 1.43 bits per heavy atom. The second-order valence-corrected chi connectivity index (χ2v) is 15.8. The first-order valence-corrected chi connectivity index (χ1v) is 17.3. The number of rotatable bonds is 7. The molecule has 2 heterocycles. The smallest absolute Gasteiger partial charge is 0.338 e. The van der Waals surface area contributed by atoms with Gasteiger partial charge in [-0.1, -0.05) is 44.0 Å². The summed E-state index contributed by atoms with van der Waals surface area (Å²) >= 11 is 12.1. The fourth-order valence-electron chi connectivity index (χ4n) is 9.21. The Balaban J connectivity index is 1.25. The highest BCUT2D eigenvalue weighted by atomic mass is 35.5. The highest BCUT2D eigenvalue weighted by Gasteiger charge is 2.70. The van der Waals surface area contributed by atoms with Crippen LogP contribution >= 0.6 is 23.2 Å². The van der Waals surface area contributed by atoms with Gasteiger partial charge in [-0.05, 0) is 113 Å². The van der Waals surface area contributed by atoms with E-state index in [-0.39, 0.29) is 30.1 Å². The fraction of sp³-hybridized carbons (Fsp3) is 0.622. The van der Waals surface area contributed by atoms with Gasteiger partial charge in [0.05, 0.1) is 36.0 Å². The molecule has 2 saturated heterocycles. The number of hydrogen-bond acceptors (Lipinski definition) is 7. The molecular formula is C37H46Cl2O7. The molecule has 2 aliphatic heterocycles. The molecule has 0 bridgehead atoms. The fourth-order valence-corrected chi connectivity index (χ4v) is 9.47. The van der Waals surface area contributed by atoms with Crippen LogP contribution in [0.2, 0.25) is 10.0 Å². The maximum absolute atomic E-state index is 13.2. The van der Waals surface area contributed by atoms with Gasteiger partial charge in [0.15, 0.2) is 5.79 Å². The summed E-state index contributed by atoms with van der Waals surface area (Å²) in [5, 5.41) is 1.10. The third-order valence-electron chi connectivity index (χ3n) is 11.8. The lowest BCUT2D eigenvalue weighted by Crippen LogP contribution is -2.69. The summed E-state index contributed by atoms with van der Waals surface area (Å²) in [7, 11) is 0. The van der Waals surface area contributed by atoms with Crippen LogP contribution in [0.15, 0.2) is 48.5 Å². The zero-order valence-corrected chi connectivity index (χ0v) is 29.0. The van der Waals surface area contributed by atoms with E-state index in [9.17, 15) is 9.59 Å². The van der Waals surface area contributed by atoms with Crippen LogP contribution in [0.4, 0.5) is 0 Å². The molecule has 7 nitrogen and oxygen atoms in total. The van der Waals surface area contributed by atoms with Crippen LogP contribution in [0.1, 0.15) is 100 Å². The van der Waals surface area contributed by atoms with Crippen LogP contribution in [0, 0.1) is 22.7 Å². The third-order valence-corrected chi connectivity index (χ3v) is 12.3. The average Bonchev–Trinajstić information content (AvgIpc) is 3.41. The van der Waals surface area contributed by atoms with Crippen molar-refractivity contribution in [3.05, 3.63) is 69.7 Å². The molecule has 9 heteroatoms. The van der Waals surface area contributed by atoms with E-state index < -0.39 is 28.9 Å². The molecule has 0 unspecified atom stereocenters. The lowest BCUT2D eigenvalue weighted by atomic mass is 9.43. The Bertz CT molecular complexity index is 1440. The molecule has 0 radical (unpaired) electrons. The van der Waals surface area contributed by atoms with E-state index in [0.29, 0.717) is 52.5 Å². The van der Waals surface area contributed by atoms with Gasteiger partial charge < -0.3 is 23.7 Å². The van der Waals surface area contributed by atoms with Gasteiger partial charge in [0, 0.05) is 27.3 Å². The second-order valence-electron chi connectivity index (χ2n) is 14.9.